The summed E-state index contributed by atoms with van der Waals surface area (Å²) in [7, 11) is 0. The third kappa shape index (κ3) is 3.05. The molecule has 2 rings (SSSR count). The lowest BCUT2D eigenvalue weighted by atomic mass is 10.0. The number of nitrogens with zero attached hydrogens (tertiary/aromatic N) is 1. The van der Waals surface area contributed by atoms with E-state index in [0.29, 0.717) is 0 Å². The second kappa shape index (κ2) is 5.20. The van der Waals surface area contributed by atoms with Crippen LogP contribution >= 0.6 is 0 Å². The smallest absolute Gasteiger partial charge is 0.405 e. The molecule has 0 aliphatic rings. The quantitative estimate of drug-likeness (QED) is 0.627. The van der Waals surface area contributed by atoms with Crippen LogP contribution in [0.1, 0.15) is 0 Å². The number of hydrogen-bond donors (Lipinski definition) is 0. The molecule has 0 unspecified atom stereocenters. The van der Waals surface area contributed by atoms with Gasteiger partial charge in [0.15, 0.2) is 0 Å². The van der Waals surface area contributed by atoms with Gasteiger partial charge in [0.2, 0.25) is 0 Å². The molecule has 7 heteroatoms. The Morgan fingerprint density at radius 2 is 1.50 bits per heavy atom. The van der Waals surface area contributed by atoms with Crippen LogP contribution in [-0.2, 0) is 0 Å². The molecular formula is C13H8F3NO3. The Kier molecular flexibility index (Phi) is 3.60. The van der Waals surface area contributed by atoms with Crippen molar-refractivity contribution in [3.05, 3.63) is 58.6 Å². The molecule has 0 amide bonds. The van der Waals surface area contributed by atoms with E-state index in [1.165, 1.54) is 42.5 Å². The average molecular weight is 283 g/mol. The standard InChI is InChI=1S/C13H8F3NO3/c14-13(15,16)20-12-8-4-2-6-10(12)9-5-1-3-7-11(9)17(18)19/h1-8H. The molecule has 2 aromatic rings. The zero-order chi connectivity index (χ0) is 14.8. The van der Waals surface area contributed by atoms with Crippen LogP contribution in [0.3, 0.4) is 0 Å². The van der Waals surface area contributed by atoms with Gasteiger partial charge in [-0.1, -0.05) is 30.3 Å². The van der Waals surface area contributed by atoms with Gasteiger partial charge in [-0.2, -0.15) is 0 Å². The van der Waals surface area contributed by atoms with Gasteiger partial charge in [0.05, 0.1) is 10.5 Å². The molecule has 104 valence electrons. The topological polar surface area (TPSA) is 52.4 Å². The predicted molar refractivity (Wildman–Crippen MR) is 65.2 cm³/mol. The number of rotatable bonds is 3. The maximum Gasteiger partial charge on any atom is 0.573 e. The lowest BCUT2D eigenvalue weighted by Gasteiger charge is -2.13. The van der Waals surface area contributed by atoms with Crippen LogP contribution in [0.5, 0.6) is 5.75 Å². The third-order valence-corrected chi connectivity index (χ3v) is 2.50. The molecule has 0 saturated heterocycles. The predicted octanol–water partition coefficient (Wildman–Crippen LogP) is 4.16. The molecule has 0 radical (unpaired) electrons. The van der Waals surface area contributed by atoms with Crippen LogP contribution in [0.15, 0.2) is 48.5 Å². The summed E-state index contributed by atoms with van der Waals surface area (Å²) in [6.07, 6.45) is -4.86. The van der Waals surface area contributed by atoms with Crippen LogP contribution in [0.2, 0.25) is 0 Å². The number of benzene rings is 2. The Labute approximate surface area is 111 Å². The van der Waals surface area contributed by atoms with Crippen molar-refractivity contribution in [3.8, 4) is 16.9 Å². The number of nitro groups is 1. The van der Waals surface area contributed by atoms with Gasteiger partial charge in [0.1, 0.15) is 5.75 Å². The molecule has 0 heterocycles. The first kappa shape index (κ1) is 13.9. The SMILES string of the molecule is O=[N+]([O-])c1ccccc1-c1ccccc1OC(F)(F)F. The van der Waals surface area contributed by atoms with Gasteiger partial charge in [0.25, 0.3) is 5.69 Å². The van der Waals surface area contributed by atoms with E-state index >= 15 is 0 Å². The number of nitro benzene ring substituents is 1. The summed E-state index contributed by atoms with van der Waals surface area (Å²) in [6.45, 7) is 0. The van der Waals surface area contributed by atoms with E-state index < -0.39 is 17.0 Å². The summed E-state index contributed by atoms with van der Waals surface area (Å²) < 4.78 is 40.9. The van der Waals surface area contributed by atoms with Crippen molar-refractivity contribution in [3.63, 3.8) is 0 Å². The Morgan fingerprint density at radius 3 is 2.10 bits per heavy atom. The van der Waals surface area contributed by atoms with Crippen LogP contribution in [0.4, 0.5) is 18.9 Å². The first-order valence-corrected chi connectivity index (χ1v) is 5.47. The van der Waals surface area contributed by atoms with E-state index in [1.54, 1.807) is 0 Å². The second-order valence-corrected chi connectivity index (χ2v) is 3.82. The van der Waals surface area contributed by atoms with E-state index in [0.717, 1.165) is 6.07 Å². The van der Waals surface area contributed by atoms with Gasteiger partial charge >= 0.3 is 6.36 Å². The molecule has 0 N–H and O–H groups in total. The van der Waals surface area contributed by atoms with Crippen molar-refractivity contribution in [2.45, 2.75) is 6.36 Å². The summed E-state index contributed by atoms with van der Waals surface area (Å²) in [5.74, 6) is -0.477. The van der Waals surface area contributed by atoms with Crippen molar-refractivity contribution in [2.75, 3.05) is 0 Å². The minimum Gasteiger partial charge on any atom is -0.405 e. The highest BCUT2D eigenvalue weighted by atomic mass is 19.4. The molecule has 4 nitrogen and oxygen atoms in total. The molecule has 0 spiro atoms. The summed E-state index contributed by atoms with van der Waals surface area (Å²) in [5, 5.41) is 10.9. The number of ether oxygens (including phenoxy) is 1. The number of hydrogen-bond acceptors (Lipinski definition) is 3. The van der Waals surface area contributed by atoms with E-state index in [4.69, 9.17) is 0 Å². The molecule has 0 bridgehead atoms. The molecule has 0 aliphatic heterocycles. The van der Waals surface area contributed by atoms with Crippen LogP contribution in [-0.4, -0.2) is 11.3 Å². The van der Waals surface area contributed by atoms with E-state index in [9.17, 15) is 23.3 Å². The van der Waals surface area contributed by atoms with Gasteiger partial charge in [0, 0.05) is 11.6 Å². The van der Waals surface area contributed by atoms with Crippen molar-refractivity contribution < 1.29 is 22.8 Å². The van der Waals surface area contributed by atoms with Crippen molar-refractivity contribution in [1.82, 2.24) is 0 Å². The van der Waals surface area contributed by atoms with E-state index in [-0.39, 0.29) is 16.8 Å². The molecule has 2 aromatic carbocycles. The monoisotopic (exact) mass is 283 g/mol. The highest BCUT2D eigenvalue weighted by Gasteiger charge is 2.32. The number of alkyl halides is 3. The average Bonchev–Trinajstić information content (AvgIpc) is 2.37. The normalized spacial score (nSPS) is 11.2. The van der Waals surface area contributed by atoms with Crippen LogP contribution < -0.4 is 4.74 Å². The van der Waals surface area contributed by atoms with E-state index in [2.05, 4.69) is 4.74 Å². The lowest BCUT2D eigenvalue weighted by molar-refractivity contribution is -0.384. The molecule has 0 fully saturated rings. The highest BCUT2D eigenvalue weighted by molar-refractivity contribution is 5.78. The second-order valence-electron chi connectivity index (χ2n) is 3.82. The first-order chi connectivity index (χ1) is 9.38. The Bertz CT molecular complexity index is 641. The zero-order valence-electron chi connectivity index (χ0n) is 9.92. The summed E-state index contributed by atoms with van der Waals surface area (Å²) in [6, 6.07) is 10.8. The molecule has 0 aliphatic carbocycles. The zero-order valence-corrected chi connectivity index (χ0v) is 9.92. The highest BCUT2D eigenvalue weighted by Crippen LogP contribution is 2.37. The fourth-order valence-corrected chi connectivity index (χ4v) is 1.76. The first-order valence-electron chi connectivity index (χ1n) is 5.47. The Balaban J connectivity index is 2.56. The fraction of sp³-hybridized carbons (Fsp3) is 0.0769. The third-order valence-electron chi connectivity index (χ3n) is 2.50. The van der Waals surface area contributed by atoms with E-state index in [1.807, 2.05) is 0 Å². The van der Waals surface area contributed by atoms with Gasteiger partial charge < -0.3 is 4.74 Å². The molecule has 0 aromatic heterocycles. The lowest BCUT2D eigenvalue weighted by Crippen LogP contribution is -2.17. The minimum absolute atomic E-state index is 0.0112. The van der Waals surface area contributed by atoms with Crippen LogP contribution in [0, 0.1) is 10.1 Å². The largest absolute Gasteiger partial charge is 0.573 e. The number of halogens is 3. The molecule has 0 atom stereocenters. The molecular weight excluding hydrogens is 275 g/mol. The maximum absolute atomic E-state index is 12.3. The van der Waals surface area contributed by atoms with Gasteiger partial charge in [-0.15, -0.1) is 13.2 Å². The Hall–Kier alpha value is -2.57. The summed E-state index contributed by atoms with van der Waals surface area (Å²) >= 11 is 0. The van der Waals surface area contributed by atoms with Gasteiger partial charge in [-0.05, 0) is 12.1 Å². The number of para-hydroxylation sites is 2. The molecule has 20 heavy (non-hydrogen) atoms. The van der Waals surface area contributed by atoms with Gasteiger partial charge in [-0.3, -0.25) is 10.1 Å². The maximum atomic E-state index is 12.3. The Morgan fingerprint density at radius 1 is 0.950 bits per heavy atom. The molecule has 0 saturated carbocycles. The fourth-order valence-electron chi connectivity index (χ4n) is 1.76. The van der Waals surface area contributed by atoms with Crippen molar-refractivity contribution in [2.24, 2.45) is 0 Å². The summed E-state index contributed by atoms with van der Waals surface area (Å²) in [4.78, 5) is 10.3. The van der Waals surface area contributed by atoms with Crippen molar-refractivity contribution in [1.29, 1.82) is 0 Å². The van der Waals surface area contributed by atoms with Gasteiger partial charge in [-0.25, -0.2) is 0 Å². The minimum atomic E-state index is -4.86. The van der Waals surface area contributed by atoms with Crippen molar-refractivity contribution >= 4 is 5.69 Å². The van der Waals surface area contributed by atoms with Crippen LogP contribution in [0.25, 0.3) is 11.1 Å². The summed E-state index contributed by atoms with van der Waals surface area (Å²) in [5.41, 5.74) is -0.208.